The van der Waals surface area contributed by atoms with E-state index in [1.807, 2.05) is 0 Å². The third-order valence-electron chi connectivity index (χ3n) is 7.14. The molecule has 0 bridgehead atoms. The quantitative estimate of drug-likeness (QED) is 0.500. The largest absolute Gasteiger partial charge is 0.497 e. The predicted molar refractivity (Wildman–Crippen MR) is 146 cm³/mol. The van der Waals surface area contributed by atoms with Gasteiger partial charge in [-0.25, -0.2) is 14.0 Å². The number of carbonyl (C=O) groups excluding carboxylic acids is 3. The molecule has 2 aliphatic rings. The molecule has 1 unspecified atom stereocenters. The summed E-state index contributed by atoms with van der Waals surface area (Å²) < 4.78 is 30.1. The fourth-order valence-corrected chi connectivity index (χ4v) is 5.04. The van der Waals surface area contributed by atoms with Gasteiger partial charge < -0.3 is 24.4 Å². The van der Waals surface area contributed by atoms with Crippen LogP contribution in [0.25, 0.3) is 0 Å². The van der Waals surface area contributed by atoms with Crippen molar-refractivity contribution < 1.29 is 33.0 Å². The molecule has 0 saturated carbocycles. The highest BCUT2D eigenvalue weighted by Gasteiger charge is 2.39. The first-order chi connectivity index (χ1) is 19.3. The smallest absolute Gasteiger partial charge is 0.338 e. The first kappa shape index (κ1) is 28.9. The number of carbonyl (C=O) groups is 3. The van der Waals surface area contributed by atoms with E-state index < -0.39 is 17.8 Å². The Hall–Kier alpha value is -4.12. The van der Waals surface area contributed by atoms with Gasteiger partial charge in [0, 0.05) is 56.6 Å². The molecule has 0 spiro atoms. The second kappa shape index (κ2) is 12.8. The van der Waals surface area contributed by atoms with Gasteiger partial charge in [-0.1, -0.05) is 6.07 Å². The molecule has 0 aliphatic carbocycles. The highest BCUT2D eigenvalue weighted by molar-refractivity contribution is 5.95. The molecule has 1 N–H and O–H groups in total. The van der Waals surface area contributed by atoms with Gasteiger partial charge in [-0.2, -0.15) is 0 Å². The van der Waals surface area contributed by atoms with Gasteiger partial charge in [0.2, 0.25) is 0 Å². The topological polar surface area (TPSA) is 101 Å². The first-order valence-electron chi connectivity index (χ1n) is 13.2. The SMILES string of the molecule is CCOC(=O)C1=C(CN2CCCN(C(=O)c3cccc(F)c3)CC2)N(C)C(=O)NC1c1cc(OC)ccc1OC. The van der Waals surface area contributed by atoms with Crippen LogP contribution in [0.4, 0.5) is 9.18 Å². The van der Waals surface area contributed by atoms with Gasteiger partial charge in [0.25, 0.3) is 5.91 Å². The van der Waals surface area contributed by atoms with Gasteiger partial charge in [0.05, 0.1) is 32.4 Å². The highest BCUT2D eigenvalue weighted by Crippen LogP contribution is 2.38. The average Bonchev–Trinajstić information content (AvgIpc) is 3.20. The zero-order chi connectivity index (χ0) is 28.8. The molecule has 2 aliphatic heterocycles. The molecular weight excluding hydrogens is 519 g/mol. The monoisotopic (exact) mass is 554 g/mol. The predicted octanol–water partition coefficient (Wildman–Crippen LogP) is 3.20. The summed E-state index contributed by atoms with van der Waals surface area (Å²) >= 11 is 0. The van der Waals surface area contributed by atoms with E-state index in [4.69, 9.17) is 14.2 Å². The van der Waals surface area contributed by atoms with Crippen LogP contribution in [0.1, 0.15) is 35.3 Å². The van der Waals surface area contributed by atoms with Crippen molar-refractivity contribution in [1.82, 2.24) is 20.0 Å². The molecule has 0 radical (unpaired) electrons. The van der Waals surface area contributed by atoms with E-state index in [1.165, 1.54) is 37.3 Å². The van der Waals surface area contributed by atoms with Crippen LogP contribution in [0.15, 0.2) is 53.7 Å². The van der Waals surface area contributed by atoms with Gasteiger partial charge in [-0.05, 0) is 49.7 Å². The second-order valence-electron chi connectivity index (χ2n) is 9.56. The first-order valence-corrected chi connectivity index (χ1v) is 13.2. The van der Waals surface area contributed by atoms with Crippen LogP contribution in [-0.4, -0.2) is 93.2 Å². The molecule has 3 amide bonds. The summed E-state index contributed by atoms with van der Waals surface area (Å²) in [5.41, 5.74) is 1.67. The Morgan fingerprint density at radius 3 is 2.55 bits per heavy atom. The normalized spacial score (nSPS) is 18.2. The molecule has 4 rings (SSSR count). The molecule has 10 nitrogen and oxygen atoms in total. The molecule has 214 valence electrons. The maximum absolute atomic E-state index is 13.7. The number of hydrogen-bond donors (Lipinski definition) is 1. The third kappa shape index (κ3) is 6.20. The third-order valence-corrected chi connectivity index (χ3v) is 7.14. The molecule has 0 aromatic heterocycles. The van der Waals surface area contributed by atoms with E-state index in [0.717, 1.165) is 0 Å². The van der Waals surface area contributed by atoms with Crippen molar-refractivity contribution in [2.45, 2.75) is 19.4 Å². The average molecular weight is 555 g/mol. The van der Waals surface area contributed by atoms with Gasteiger partial charge in [0.1, 0.15) is 17.3 Å². The van der Waals surface area contributed by atoms with Crippen LogP contribution in [0.2, 0.25) is 0 Å². The Morgan fingerprint density at radius 1 is 1.05 bits per heavy atom. The maximum atomic E-state index is 13.7. The molecular formula is C29H35FN4O6. The van der Waals surface area contributed by atoms with E-state index in [-0.39, 0.29) is 25.1 Å². The number of hydrogen-bond acceptors (Lipinski definition) is 7. The van der Waals surface area contributed by atoms with Crippen molar-refractivity contribution >= 4 is 17.9 Å². The maximum Gasteiger partial charge on any atom is 0.338 e. The molecule has 1 atom stereocenters. The van der Waals surface area contributed by atoms with Gasteiger partial charge in [-0.3, -0.25) is 14.6 Å². The Labute approximate surface area is 233 Å². The Bertz CT molecular complexity index is 1300. The van der Waals surface area contributed by atoms with Crippen molar-refractivity contribution in [2.24, 2.45) is 0 Å². The Morgan fingerprint density at radius 2 is 1.85 bits per heavy atom. The molecule has 1 fully saturated rings. The minimum Gasteiger partial charge on any atom is -0.497 e. The zero-order valence-corrected chi connectivity index (χ0v) is 23.2. The molecule has 1 saturated heterocycles. The minimum atomic E-state index is -0.833. The van der Waals surface area contributed by atoms with Crippen LogP contribution < -0.4 is 14.8 Å². The number of amides is 3. The van der Waals surface area contributed by atoms with E-state index in [1.54, 1.807) is 43.1 Å². The van der Waals surface area contributed by atoms with Crippen LogP contribution in [0.3, 0.4) is 0 Å². The van der Waals surface area contributed by atoms with Gasteiger partial charge in [-0.15, -0.1) is 0 Å². The number of ether oxygens (including phenoxy) is 3. The van der Waals surface area contributed by atoms with Crippen molar-refractivity contribution in [1.29, 1.82) is 0 Å². The standard InChI is InChI=1S/C29H35FN4O6/c1-5-40-28(36)25-23(32(2)29(37)31-26(25)22-17-21(38-3)10-11-24(22)39-4)18-33-12-7-13-34(15-14-33)27(35)19-8-6-9-20(30)16-19/h6,8-11,16-17,26H,5,7,12-15,18H2,1-4H3,(H,31,37). The van der Waals surface area contributed by atoms with E-state index in [2.05, 4.69) is 10.2 Å². The number of halogens is 1. The van der Waals surface area contributed by atoms with E-state index in [0.29, 0.717) is 66.5 Å². The van der Waals surface area contributed by atoms with Crippen LogP contribution in [0, 0.1) is 5.82 Å². The zero-order valence-electron chi connectivity index (χ0n) is 23.2. The number of benzene rings is 2. The molecule has 2 aromatic carbocycles. The fraction of sp³-hybridized carbons (Fsp3) is 0.414. The summed E-state index contributed by atoms with van der Waals surface area (Å²) in [5, 5.41) is 2.91. The summed E-state index contributed by atoms with van der Waals surface area (Å²) in [6.45, 7) is 4.23. The van der Waals surface area contributed by atoms with Crippen LogP contribution >= 0.6 is 0 Å². The van der Waals surface area contributed by atoms with E-state index in [9.17, 15) is 18.8 Å². The lowest BCUT2D eigenvalue weighted by Gasteiger charge is -2.37. The number of rotatable bonds is 8. The highest BCUT2D eigenvalue weighted by atomic mass is 19.1. The summed E-state index contributed by atoms with van der Waals surface area (Å²) in [4.78, 5) is 44.8. The lowest BCUT2D eigenvalue weighted by Crippen LogP contribution is -2.49. The molecule has 2 heterocycles. The Kier molecular flexibility index (Phi) is 9.26. The minimum absolute atomic E-state index is 0.163. The van der Waals surface area contributed by atoms with Crippen molar-refractivity contribution in [2.75, 3.05) is 60.6 Å². The number of nitrogens with one attached hydrogen (secondary N) is 1. The second-order valence-corrected chi connectivity index (χ2v) is 9.56. The number of likely N-dealkylation sites (N-methyl/N-ethyl adjacent to an activating group) is 1. The molecule has 40 heavy (non-hydrogen) atoms. The Balaban J connectivity index is 1.65. The summed E-state index contributed by atoms with van der Waals surface area (Å²) in [5.74, 6) is -0.201. The number of nitrogens with zero attached hydrogens (tertiary/aromatic N) is 3. The van der Waals surface area contributed by atoms with Crippen molar-refractivity contribution in [3.05, 3.63) is 70.7 Å². The number of esters is 1. The van der Waals surface area contributed by atoms with Crippen molar-refractivity contribution in [3.8, 4) is 11.5 Å². The lowest BCUT2D eigenvalue weighted by atomic mass is 9.93. The molecule has 11 heteroatoms. The van der Waals surface area contributed by atoms with Gasteiger partial charge in [0.15, 0.2) is 0 Å². The lowest BCUT2D eigenvalue weighted by molar-refractivity contribution is -0.139. The molecule has 2 aromatic rings. The summed E-state index contributed by atoms with van der Waals surface area (Å²) in [6, 6.07) is 9.65. The summed E-state index contributed by atoms with van der Waals surface area (Å²) in [7, 11) is 4.67. The number of methoxy groups -OCH3 is 2. The van der Waals surface area contributed by atoms with Crippen molar-refractivity contribution in [3.63, 3.8) is 0 Å². The van der Waals surface area contributed by atoms with Gasteiger partial charge >= 0.3 is 12.0 Å². The van der Waals surface area contributed by atoms with E-state index >= 15 is 0 Å². The number of urea groups is 1. The van der Waals surface area contributed by atoms with Crippen LogP contribution in [-0.2, 0) is 9.53 Å². The summed E-state index contributed by atoms with van der Waals surface area (Å²) in [6.07, 6.45) is 0.673. The fourth-order valence-electron chi connectivity index (χ4n) is 5.04. The van der Waals surface area contributed by atoms with Crippen LogP contribution in [0.5, 0.6) is 11.5 Å².